The molecule has 0 saturated heterocycles. The molecule has 8 nitrogen and oxygen atoms in total. The Bertz CT molecular complexity index is 1630. The number of benzodiazepines with no additional fused rings is 1. The average molecular weight is 599 g/mol. The molecule has 5 rings (SSSR count). The number of fused-ring (bicyclic) bond motifs is 1. The van der Waals surface area contributed by atoms with E-state index < -0.39 is 29.9 Å². The molecule has 2 unspecified atom stereocenters. The lowest BCUT2D eigenvalue weighted by Crippen LogP contribution is -2.42. The van der Waals surface area contributed by atoms with Gasteiger partial charge in [-0.15, -0.1) is 0 Å². The highest BCUT2D eigenvalue weighted by atomic mass is 35.5. The molecule has 202 valence electrons. The Morgan fingerprint density at radius 2 is 1.77 bits per heavy atom. The Labute approximate surface area is 243 Å². The van der Waals surface area contributed by atoms with Crippen LogP contribution in [0.2, 0.25) is 15.1 Å². The highest BCUT2D eigenvalue weighted by Crippen LogP contribution is 2.34. The zero-order chi connectivity index (χ0) is 28.4. The lowest BCUT2D eigenvalue weighted by atomic mass is 10.0. The zero-order valence-corrected chi connectivity index (χ0v) is 22.9. The number of para-hydroxylation sites is 1. The molecule has 2 atom stereocenters. The number of ether oxygens (including phenoxy) is 1. The van der Waals surface area contributed by atoms with Gasteiger partial charge >= 0.3 is 0 Å². The minimum atomic E-state index is -1.46. The first-order valence-corrected chi connectivity index (χ1v) is 13.0. The van der Waals surface area contributed by atoms with Gasteiger partial charge in [-0.05, 0) is 43.3 Å². The summed E-state index contributed by atoms with van der Waals surface area (Å²) in [6.07, 6.45) is 0.452. The van der Waals surface area contributed by atoms with Crippen LogP contribution in [-0.4, -0.2) is 33.7 Å². The van der Waals surface area contributed by atoms with Crippen LogP contribution in [0.25, 0.3) is 0 Å². The quantitative estimate of drug-likeness (QED) is 0.273. The molecule has 3 heterocycles. The van der Waals surface area contributed by atoms with Gasteiger partial charge in [0.2, 0.25) is 12.0 Å². The molecular weight excluding hydrogens is 580 g/mol. The Morgan fingerprint density at radius 3 is 2.50 bits per heavy atom. The standard InChI is InChI=1S/C28H19Cl3FN5O3/c1-14(21-7-4-5-9-33-21)40-28-18(12-16(32)13-34-28)26(38)37-25-27(39)35-22-8-3-2-6-17(22)24(36-25)23-19(30)10-15(29)11-20(23)31/h2-14,25H,1H3,(H,35,39)(H,37,38). The Hall–Kier alpha value is -4.05. The first kappa shape index (κ1) is 27.5. The van der Waals surface area contributed by atoms with E-state index in [1.807, 2.05) is 0 Å². The van der Waals surface area contributed by atoms with Gasteiger partial charge in [-0.3, -0.25) is 14.6 Å². The molecule has 12 heteroatoms. The molecule has 0 aliphatic carbocycles. The fourth-order valence-electron chi connectivity index (χ4n) is 4.05. The number of nitrogens with one attached hydrogen (secondary N) is 2. The van der Waals surface area contributed by atoms with Gasteiger partial charge in [-0.25, -0.2) is 14.4 Å². The summed E-state index contributed by atoms with van der Waals surface area (Å²) in [6, 6.07) is 16.1. The monoisotopic (exact) mass is 597 g/mol. The number of rotatable bonds is 6. The Balaban J connectivity index is 1.52. The van der Waals surface area contributed by atoms with E-state index in [1.165, 1.54) is 12.1 Å². The lowest BCUT2D eigenvalue weighted by molar-refractivity contribution is -0.117. The van der Waals surface area contributed by atoms with Gasteiger partial charge in [0, 0.05) is 22.3 Å². The molecule has 0 spiro atoms. The van der Waals surface area contributed by atoms with Gasteiger partial charge in [0.1, 0.15) is 17.5 Å². The fraction of sp³-hybridized carbons (Fsp3) is 0.107. The number of amides is 2. The molecule has 0 bridgehead atoms. The predicted molar refractivity (Wildman–Crippen MR) is 151 cm³/mol. The third-order valence-corrected chi connectivity index (χ3v) is 6.73. The van der Waals surface area contributed by atoms with E-state index in [4.69, 9.17) is 39.5 Å². The van der Waals surface area contributed by atoms with E-state index in [-0.39, 0.29) is 27.2 Å². The van der Waals surface area contributed by atoms with Crippen LogP contribution in [-0.2, 0) is 4.79 Å². The van der Waals surface area contributed by atoms with Crippen molar-refractivity contribution in [3.63, 3.8) is 0 Å². The number of aliphatic imine (C=N–C) groups is 1. The third kappa shape index (κ3) is 5.77. The average Bonchev–Trinajstić information content (AvgIpc) is 3.05. The van der Waals surface area contributed by atoms with Crippen LogP contribution in [0, 0.1) is 5.82 Å². The number of carbonyl (C=O) groups excluding carboxylic acids is 2. The van der Waals surface area contributed by atoms with Crippen molar-refractivity contribution in [3.05, 3.63) is 116 Å². The first-order valence-electron chi connectivity index (χ1n) is 11.9. The van der Waals surface area contributed by atoms with E-state index in [1.54, 1.807) is 55.6 Å². The second-order valence-corrected chi connectivity index (χ2v) is 9.90. The van der Waals surface area contributed by atoms with E-state index in [2.05, 4.69) is 25.6 Å². The van der Waals surface area contributed by atoms with Crippen LogP contribution in [0.15, 0.2) is 78.0 Å². The molecular formula is C28H19Cl3FN5O3. The summed E-state index contributed by atoms with van der Waals surface area (Å²) >= 11 is 19.1. The van der Waals surface area contributed by atoms with Crippen molar-refractivity contribution < 1.29 is 18.7 Å². The van der Waals surface area contributed by atoms with Crippen molar-refractivity contribution in [2.75, 3.05) is 5.32 Å². The van der Waals surface area contributed by atoms with E-state index in [9.17, 15) is 14.0 Å². The number of carbonyl (C=O) groups is 2. The maximum atomic E-state index is 14.2. The summed E-state index contributed by atoms with van der Waals surface area (Å²) in [6.45, 7) is 1.71. The number of hydrogen-bond donors (Lipinski definition) is 2. The van der Waals surface area contributed by atoms with E-state index >= 15 is 0 Å². The topological polar surface area (TPSA) is 106 Å². The van der Waals surface area contributed by atoms with Crippen LogP contribution < -0.4 is 15.4 Å². The summed E-state index contributed by atoms with van der Waals surface area (Å²) in [7, 11) is 0. The summed E-state index contributed by atoms with van der Waals surface area (Å²) in [5, 5.41) is 5.99. The molecule has 0 saturated carbocycles. The summed E-state index contributed by atoms with van der Waals surface area (Å²) in [5.74, 6) is -2.42. The lowest BCUT2D eigenvalue weighted by Gasteiger charge is -2.18. The van der Waals surface area contributed by atoms with Crippen LogP contribution >= 0.6 is 34.8 Å². The third-order valence-electron chi connectivity index (χ3n) is 5.91. The minimum Gasteiger partial charge on any atom is -0.468 e. The number of pyridine rings is 2. The normalized spacial score (nSPS) is 15.3. The summed E-state index contributed by atoms with van der Waals surface area (Å²) < 4.78 is 20.1. The van der Waals surface area contributed by atoms with Gasteiger partial charge in [0.25, 0.3) is 11.8 Å². The van der Waals surface area contributed by atoms with Crippen molar-refractivity contribution in [3.8, 4) is 5.88 Å². The van der Waals surface area contributed by atoms with E-state index in [0.717, 1.165) is 12.3 Å². The molecule has 0 fully saturated rings. The van der Waals surface area contributed by atoms with Crippen molar-refractivity contribution in [1.82, 2.24) is 15.3 Å². The fourth-order valence-corrected chi connectivity index (χ4v) is 5.05. The summed E-state index contributed by atoms with van der Waals surface area (Å²) in [5.41, 5.74) is 1.83. The largest absolute Gasteiger partial charge is 0.468 e. The molecule has 1 aliphatic heterocycles. The first-order chi connectivity index (χ1) is 19.2. The molecule has 1 aliphatic rings. The van der Waals surface area contributed by atoms with Gasteiger partial charge in [0.05, 0.1) is 33.3 Å². The second-order valence-electron chi connectivity index (χ2n) is 8.65. The molecule has 2 N–H and O–H groups in total. The second kappa shape index (κ2) is 11.6. The van der Waals surface area contributed by atoms with Gasteiger partial charge in [-0.2, -0.15) is 0 Å². The van der Waals surface area contributed by atoms with Crippen LogP contribution in [0.5, 0.6) is 5.88 Å². The number of benzene rings is 2. The van der Waals surface area contributed by atoms with Crippen molar-refractivity contribution in [2.24, 2.45) is 4.99 Å². The Morgan fingerprint density at radius 1 is 1.05 bits per heavy atom. The molecule has 2 aromatic heterocycles. The van der Waals surface area contributed by atoms with Crippen molar-refractivity contribution in [1.29, 1.82) is 0 Å². The minimum absolute atomic E-state index is 0.151. The van der Waals surface area contributed by atoms with Crippen molar-refractivity contribution >= 4 is 58.0 Å². The maximum absolute atomic E-state index is 14.2. The van der Waals surface area contributed by atoms with Crippen molar-refractivity contribution in [2.45, 2.75) is 19.2 Å². The SMILES string of the molecule is CC(Oc1ncc(F)cc1C(=O)NC1N=C(c2c(Cl)cc(Cl)cc2Cl)c2ccccc2NC1=O)c1ccccn1. The van der Waals surface area contributed by atoms with Gasteiger partial charge < -0.3 is 15.4 Å². The van der Waals surface area contributed by atoms with Crippen LogP contribution in [0.4, 0.5) is 10.1 Å². The number of halogens is 4. The number of anilines is 1. The molecule has 0 radical (unpaired) electrons. The summed E-state index contributed by atoms with van der Waals surface area (Å²) in [4.78, 5) is 39.4. The number of hydrogen-bond acceptors (Lipinski definition) is 6. The highest BCUT2D eigenvalue weighted by molar-refractivity contribution is 6.44. The van der Waals surface area contributed by atoms with Crippen LogP contribution in [0.3, 0.4) is 0 Å². The van der Waals surface area contributed by atoms with Gasteiger partial charge in [-0.1, -0.05) is 59.1 Å². The molecule has 2 amide bonds. The molecule has 4 aromatic rings. The Kier molecular flexibility index (Phi) is 7.97. The van der Waals surface area contributed by atoms with E-state index in [0.29, 0.717) is 27.5 Å². The van der Waals surface area contributed by atoms with Gasteiger partial charge in [0.15, 0.2) is 0 Å². The smallest absolute Gasteiger partial charge is 0.269 e. The number of nitrogens with zero attached hydrogens (tertiary/aromatic N) is 3. The molecule has 2 aromatic carbocycles. The number of aromatic nitrogens is 2. The highest BCUT2D eigenvalue weighted by Gasteiger charge is 2.30. The maximum Gasteiger partial charge on any atom is 0.269 e. The predicted octanol–water partition coefficient (Wildman–Crippen LogP) is 6.26. The molecule has 40 heavy (non-hydrogen) atoms. The zero-order valence-electron chi connectivity index (χ0n) is 20.7. The van der Waals surface area contributed by atoms with Crippen LogP contribution in [0.1, 0.15) is 40.2 Å².